The summed E-state index contributed by atoms with van der Waals surface area (Å²) < 4.78 is 7.30. The van der Waals surface area contributed by atoms with E-state index in [9.17, 15) is 0 Å². The Morgan fingerprint density at radius 2 is 2.25 bits per heavy atom. The Morgan fingerprint density at radius 3 is 2.95 bits per heavy atom. The number of ether oxygens (including phenoxy) is 1. The molecule has 0 amide bonds. The second-order valence-corrected chi connectivity index (χ2v) is 4.94. The van der Waals surface area contributed by atoms with Crippen LogP contribution in [0.15, 0.2) is 30.6 Å². The van der Waals surface area contributed by atoms with Crippen LogP contribution in [0.2, 0.25) is 0 Å². The van der Waals surface area contributed by atoms with Crippen molar-refractivity contribution in [3.8, 4) is 5.75 Å². The van der Waals surface area contributed by atoms with E-state index in [2.05, 4.69) is 47.7 Å². The molecule has 108 valence electrons. The van der Waals surface area contributed by atoms with Gasteiger partial charge in [-0.3, -0.25) is 4.68 Å². The highest BCUT2D eigenvalue weighted by atomic mass is 16.5. The minimum atomic E-state index is 0.265. The third-order valence-corrected chi connectivity index (χ3v) is 3.34. The molecule has 1 aromatic carbocycles. The number of aromatic nitrogens is 3. The lowest BCUT2D eigenvalue weighted by atomic mass is 10.0. The Balaban J connectivity index is 1.83. The number of nitrogens with one attached hydrogen (secondary N) is 1. The summed E-state index contributed by atoms with van der Waals surface area (Å²) in [5.74, 6) is 0.946. The molecule has 5 nitrogen and oxygen atoms in total. The maximum atomic E-state index is 5.45. The molecule has 1 heterocycles. The van der Waals surface area contributed by atoms with Gasteiger partial charge < -0.3 is 10.1 Å². The Bertz CT molecular complexity index is 525. The Labute approximate surface area is 120 Å². The molecule has 0 aliphatic rings. The van der Waals surface area contributed by atoms with Crippen molar-refractivity contribution >= 4 is 0 Å². The average Bonchev–Trinajstić information content (AvgIpc) is 2.96. The summed E-state index contributed by atoms with van der Waals surface area (Å²) in [6, 6.07) is 6.58. The minimum Gasteiger partial charge on any atom is -0.496 e. The van der Waals surface area contributed by atoms with E-state index in [1.165, 1.54) is 11.1 Å². The van der Waals surface area contributed by atoms with Crippen LogP contribution in [0.4, 0.5) is 0 Å². The zero-order chi connectivity index (χ0) is 14.4. The Hall–Kier alpha value is -1.88. The van der Waals surface area contributed by atoms with E-state index >= 15 is 0 Å². The molecular weight excluding hydrogens is 252 g/mol. The Morgan fingerprint density at radius 1 is 1.40 bits per heavy atom. The number of nitrogens with zero attached hydrogens (tertiary/aromatic N) is 3. The van der Waals surface area contributed by atoms with Crippen molar-refractivity contribution in [1.29, 1.82) is 0 Å². The number of methoxy groups -OCH3 is 1. The van der Waals surface area contributed by atoms with Crippen LogP contribution in [-0.4, -0.2) is 28.6 Å². The summed E-state index contributed by atoms with van der Waals surface area (Å²) >= 11 is 0. The zero-order valence-electron chi connectivity index (χ0n) is 12.3. The van der Waals surface area contributed by atoms with Crippen LogP contribution in [0.3, 0.4) is 0 Å². The number of benzene rings is 1. The monoisotopic (exact) mass is 274 g/mol. The largest absolute Gasteiger partial charge is 0.496 e. The fraction of sp³-hybridized carbons (Fsp3) is 0.467. The van der Waals surface area contributed by atoms with E-state index in [0.717, 1.165) is 25.3 Å². The van der Waals surface area contributed by atoms with Gasteiger partial charge in [0, 0.05) is 24.3 Å². The van der Waals surface area contributed by atoms with Crippen molar-refractivity contribution in [2.24, 2.45) is 0 Å². The summed E-state index contributed by atoms with van der Waals surface area (Å²) in [5, 5.41) is 11.3. The minimum absolute atomic E-state index is 0.265. The molecule has 2 aromatic rings. The van der Waals surface area contributed by atoms with Gasteiger partial charge in [-0.05, 0) is 38.4 Å². The van der Waals surface area contributed by atoms with Gasteiger partial charge >= 0.3 is 0 Å². The van der Waals surface area contributed by atoms with Crippen LogP contribution in [0, 0.1) is 6.92 Å². The standard InChI is InChI=1S/C15H22N4O/c1-12-5-6-14(15(11-12)20-3)13(2)16-7-4-9-19-10-8-17-18-19/h5-6,8,10-11,13,16H,4,7,9H2,1-3H3. The molecule has 0 bridgehead atoms. The third kappa shape index (κ3) is 3.81. The highest BCUT2D eigenvalue weighted by Gasteiger charge is 2.10. The van der Waals surface area contributed by atoms with Crippen molar-refractivity contribution < 1.29 is 4.74 Å². The van der Waals surface area contributed by atoms with Crippen LogP contribution >= 0.6 is 0 Å². The van der Waals surface area contributed by atoms with Gasteiger partial charge in [0.25, 0.3) is 0 Å². The maximum absolute atomic E-state index is 5.45. The van der Waals surface area contributed by atoms with Gasteiger partial charge in [0.15, 0.2) is 0 Å². The lowest BCUT2D eigenvalue weighted by molar-refractivity contribution is 0.400. The van der Waals surface area contributed by atoms with Crippen molar-refractivity contribution in [2.75, 3.05) is 13.7 Å². The quantitative estimate of drug-likeness (QED) is 0.787. The van der Waals surface area contributed by atoms with Gasteiger partial charge in [-0.1, -0.05) is 17.3 Å². The molecule has 0 saturated heterocycles. The van der Waals surface area contributed by atoms with Crippen LogP contribution in [0.1, 0.15) is 30.5 Å². The number of aryl methyl sites for hydroxylation is 2. The highest BCUT2D eigenvalue weighted by Crippen LogP contribution is 2.25. The summed E-state index contributed by atoms with van der Waals surface area (Å²) in [6.07, 6.45) is 4.60. The summed E-state index contributed by atoms with van der Waals surface area (Å²) in [7, 11) is 1.72. The van der Waals surface area contributed by atoms with Crippen molar-refractivity contribution in [1.82, 2.24) is 20.3 Å². The van der Waals surface area contributed by atoms with E-state index in [4.69, 9.17) is 4.74 Å². The maximum Gasteiger partial charge on any atom is 0.123 e. The van der Waals surface area contributed by atoms with E-state index in [-0.39, 0.29) is 6.04 Å². The van der Waals surface area contributed by atoms with Crippen LogP contribution in [0.5, 0.6) is 5.75 Å². The first-order valence-corrected chi connectivity index (χ1v) is 6.92. The first kappa shape index (κ1) is 14.5. The third-order valence-electron chi connectivity index (χ3n) is 3.34. The molecule has 5 heteroatoms. The molecule has 20 heavy (non-hydrogen) atoms. The Kier molecular flexibility index (Phi) is 5.12. The van der Waals surface area contributed by atoms with Gasteiger partial charge in [-0.15, -0.1) is 5.10 Å². The fourth-order valence-corrected chi connectivity index (χ4v) is 2.20. The average molecular weight is 274 g/mol. The fourth-order valence-electron chi connectivity index (χ4n) is 2.20. The highest BCUT2D eigenvalue weighted by molar-refractivity contribution is 5.38. The molecule has 0 aliphatic heterocycles. The zero-order valence-corrected chi connectivity index (χ0v) is 12.3. The normalized spacial score (nSPS) is 12.3. The summed E-state index contributed by atoms with van der Waals surface area (Å²) in [5.41, 5.74) is 2.41. The van der Waals surface area contributed by atoms with Crippen LogP contribution in [0.25, 0.3) is 0 Å². The molecule has 0 spiro atoms. The van der Waals surface area contributed by atoms with Crippen molar-refractivity contribution in [2.45, 2.75) is 32.9 Å². The number of hydrogen-bond acceptors (Lipinski definition) is 4. The van der Waals surface area contributed by atoms with E-state index in [0.29, 0.717) is 0 Å². The predicted molar refractivity (Wildman–Crippen MR) is 78.8 cm³/mol. The van der Waals surface area contributed by atoms with Crippen LogP contribution < -0.4 is 10.1 Å². The summed E-state index contributed by atoms with van der Waals surface area (Å²) in [6.45, 7) is 6.04. The molecule has 1 unspecified atom stereocenters. The molecule has 1 N–H and O–H groups in total. The van der Waals surface area contributed by atoms with Gasteiger partial charge in [0.1, 0.15) is 5.75 Å². The first-order valence-electron chi connectivity index (χ1n) is 6.92. The van der Waals surface area contributed by atoms with Gasteiger partial charge in [0.05, 0.1) is 13.3 Å². The van der Waals surface area contributed by atoms with Gasteiger partial charge in [-0.2, -0.15) is 0 Å². The van der Waals surface area contributed by atoms with Crippen molar-refractivity contribution in [3.63, 3.8) is 0 Å². The topological polar surface area (TPSA) is 52.0 Å². The smallest absolute Gasteiger partial charge is 0.123 e. The number of rotatable bonds is 7. The molecule has 0 aliphatic carbocycles. The van der Waals surface area contributed by atoms with E-state index in [1.807, 2.05) is 10.9 Å². The lowest BCUT2D eigenvalue weighted by Gasteiger charge is -2.17. The second-order valence-electron chi connectivity index (χ2n) is 4.94. The molecule has 1 atom stereocenters. The SMILES string of the molecule is COc1cc(C)ccc1C(C)NCCCn1ccnn1. The molecule has 1 aromatic heterocycles. The molecule has 0 radical (unpaired) electrons. The molecular formula is C15H22N4O. The van der Waals surface area contributed by atoms with Crippen molar-refractivity contribution in [3.05, 3.63) is 41.7 Å². The summed E-state index contributed by atoms with van der Waals surface area (Å²) in [4.78, 5) is 0. The molecule has 2 rings (SSSR count). The molecule has 0 fully saturated rings. The number of hydrogen-bond donors (Lipinski definition) is 1. The second kappa shape index (κ2) is 7.05. The predicted octanol–water partition coefficient (Wildman–Crippen LogP) is 2.34. The van der Waals surface area contributed by atoms with E-state index < -0.39 is 0 Å². The van der Waals surface area contributed by atoms with Crippen LogP contribution in [-0.2, 0) is 6.54 Å². The first-order chi connectivity index (χ1) is 9.70. The van der Waals surface area contributed by atoms with E-state index in [1.54, 1.807) is 13.3 Å². The van der Waals surface area contributed by atoms with Gasteiger partial charge in [-0.25, -0.2) is 0 Å². The molecule has 0 saturated carbocycles. The lowest BCUT2D eigenvalue weighted by Crippen LogP contribution is -2.21. The van der Waals surface area contributed by atoms with Gasteiger partial charge in [0.2, 0.25) is 0 Å².